The minimum Gasteiger partial charge on any atom is -0.372 e. The highest BCUT2D eigenvalue weighted by molar-refractivity contribution is 5.31. The van der Waals surface area contributed by atoms with Crippen LogP contribution in [-0.2, 0) is 11.2 Å². The summed E-state index contributed by atoms with van der Waals surface area (Å²) >= 11 is 0. The number of fused-ring (bicyclic) bond motifs is 1. The van der Waals surface area contributed by atoms with Gasteiger partial charge in [-0.15, -0.1) is 0 Å². The summed E-state index contributed by atoms with van der Waals surface area (Å²) in [5.41, 5.74) is 2.80. The Balaban J connectivity index is 1.97. The van der Waals surface area contributed by atoms with Gasteiger partial charge in [0.25, 0.3) is 0 Å². The second-order valence-electron chi connectivity index (χ2n) is 6.33. The highest BCUT2D eigenvalue weighted by Gasteiger charge is 2.22. The van der Waals surface area contributed by atoms with Crippen molar-refractivity contribution >= 4 is 0 Å². The molecule has 0 amide bonds. The van der Waals surface area contributed by atoms with Crippen molar-refractivity contribution in [1.29, 1.82) is 0 Å². The van der Waals surface area contributed by atoms with E-state index in [-0.39, 0.29) is 6.10 Å². The maximum absolute atomic E-state index is 5.96. The molecule has 2 rings (SSSR count). The number of rotatable bonds is 6. The van der Waals surface area contributed by atoms with E-state index >= 15 is 0 Å². The normalized spacial score (nSPS) is 20.2. The van der Waals surface area contributed by atoms with Crippen molar-refractivity contribution in [2.75, 3.05) is 33.8 Å². The maximum atomic E-state index is 5.96. The molecule has 3 heteroatoms. The molecule has 2 unspecified atom stereocenters. The van der Waals surface area contributed by atoms with Gasteiger partial charge in [-0.05, 0) is 37.6 Å². The third-order valence-corrected chi connectivity index (χ3v) is 4.02. The molecule has 0 fully saturated rings. The quantitative estimate of drug-likeness (QED) is 0.864. The molecule has 1 aliphatic heterocycles. The summed E-state index contributed by atoms with van der Waals surface area (Å²) in [7, 11) is 4.26. The van der Waals surface area contributed by atoms with E-state index < -0.39 is 0 Å². The zero-order valence-electron chi connectivity index (χ0n) is 13.2. The van der Waals surface area contributed by atoms with E-state index in [1.807, 2.05) is 0 Å². The van der Waals surface area contributed by atoms with Crippen molar-refractivity contribution in [3.8, 4) is 0 Å². The van der Waals surface area contributed by atoms with Gasteiger partial charge in [0.2, 0.25) is 0 Å². The Hall–Kier alpha value is -0.900. The van der Waals surface area contributed by atoms with Crippen molar-refractivity contribution in [2.45, 2.75) is 32.4 Å². The van der Waals surface area contributed by atoms with E-state index in [0.29, 0.717) is 12.0 Å². The number of nitrogens with one attached hydrogen (secondary N) is 1. The molecule has 0 spiro atoms. The summed E-state index contributed by atoms with van der Waals surface area (Å²) in [6.45, 7) is 7.34. The molecule has 1 N–H and O–H groups in total. The van der Waals surface area contributed by atoms with Crippen LogP contribution in [0.3, 0.4) is 0 Å². The Morgan fingerprint density at radius 1 is 1.30 bits per heavy atom. The molecule has 0 bridgehead atoms. The van der Waals surface area contributed by atoms with Crippen LogP contribution in [0.5, 0.6) is 0 Å². The minimum absolute atomic E-state index is 0.198. The zero-order chi connectivity index (χ0) is 14.5. The van der Waals surface area contributed by atoms with Crippen LogP contribution in [0.25, 0.3) is 0 Å². The smallest absolute Gasteiger partial charge is 0.0952 e. The summed E-state index contributed by atoms with van der Waals surface area (Å²) in [6, 6.07) is 9.17. The first-order valence-electron chi connectivity index (χ1n) is 7.65. The first-order chi connectivity index (χ1) is 9.58. The fourth-order valence-corrected chi connectivity index (χ4v) is 2.81. The average molecular weight is 276 g/mol. The largest absolute Gasteiger partial charge is 0.372 e. The van der Waals surface area contributed by atoms with E-state index in [4.69, 9.17) is 4.74 Å². The van der Waals surface area contributed by atoms with Gasteiger partial charge in [-0.2, -0.15) is 0 Å². The van der Waals surface area contributed by atoms with E-state index in [1.165, 1.54) is 11.1 Å². The van der Waals surface area contributed by atoms with Crippen LogP contribution in [-0.4, -0.2) is 44.7 Å². The molecular weight excluding hydrogens is 248 g/mol. The van der Waals surface area contributed by atoms with E-state index in [0.717, 1.165) is 26.1 Å². The molecular formula is C17H28N2O. The molecule has 0 saturated carbocycles. The number of likely N-dealkylation sites (N-methyl/N-ethyl adjacent to an activating group) is 1. The molecule has 3 nitrogen and oxygen atoms in total. The summed E-state index contributed by atoms with van der Waals surface area (Å²) in [6.07, 6.45) is 1.24. The summed E-state index contributed by atoms with van der Waals surface area (Å²) in [5.74, 6) is 0.622. The maximum Gasteiger partial charge on any atom is 0.0952 e. The van der Waals surface area contributed by atoms with Crippen LogP contribution in [0.2, 0.25) is 0 Å². The van der Waals surface area contributed by atoms with Crippen molar-refractivity contribution < 1.29 is 4.74 Å². The van der Waals surface area contributed by atoms with E-state index in [9.17, 15) is 0 Å². The number of nitrogens with zero attached hydrogens (tertiary/aromatic N) is 1. The Morgan fingerprint density at radius 2 is 2.05 bits per heavy atom. The van der Waals surface area contributed by atoms with Gasteiger partial charge in [0.05, 0.1) is 12.7 Å². The van der Waals surface area contributed by atoms with Crippen LogP contribution in [0, 0.1) is 5.92 Å². The number of ether oxygens (including phenoxy) is 1. The van der Waals surface area contributed by atoms with Gasteiger partial charge in [-0.1, -0.05) is 38.1 Å². The molecule has 1 aromatic rings. The van der Waals surface area contributed by atoms with Crippen LogP contribution < -0.4 is 5.32 Å². The van der Waals surface area contributed by atoms with Crippen LogP contribution in [0.1, 0.15) is 31.1 Å². The molecule has 20 heavy (non-hydrogen) atoms. The van der Waals surface area contributed by atoms with Gasteiger partial charge in [-0.25, -0.2) is 0 Å². The number of hydrogen-bond donors (Lipinski definition) is 1. The summed E-state index contributed by atoms with van der Waals surface area (Å²) in [5, 5.41) is 3.69. The Morgan fingerprint density at radius 3 is 2.75 bits per heavy atom. The molecule has 0 saturated heterocycles. The van der Waals surface area contributed by atoms with E-state index in [1.54, 1.807) is 0 Å². The molecule has 0 aliphatic carbocycles. The van der Waals surface area contributed by atoms with Crippen LogP contribution in [0.15, 0.2) is 24.3 Å². The Bertz CT molecular complexity index is 417. The molecule has 112 valence electrons. The summed E-state index contributed by atoms with van der Waals surface area (Å²) < 4.78 is 5.96. The van der Waals surface area contributed by atoms with Gasteiger partial charge >= 0.3 is 0 Å². The highest BCUT2D eigenvalue weighted by atomic mass is 16.5. The lowest BCUT2D eigenvalue weighted by atomic mass is 9.97. The first kappa shape index (κ1) is 15.5. The monoisotopic (exact) mass is 276 g/mol. The molecule has 2 atom stereocenters. The van der Waals surface area contributed by atoms with Gasteiger partial charge < -0.3 is 15.0 Å². The fraction of sp³-hybridized carbons (Fsp3) is 0.647. The van der Waals surface area contributed by atoms with Crippen LogP contribution >= 0.6 is 0 Å². The lowest BCUT2D eigenvalue weighted by molar-refractivity contribution is 0.0387. The second kappa shape index (κ2) is 7.21. The third-order valence-electron chi connectivity index (χ3n) is 4.02. The molecule has 1 heterocycles. The second-order valence-corrected chi connectivity index (χ2v) is 6.33. The lowest BCUT2D eigenvalue weighted by Crippen LogP contribution is -2.44. The molecule has 1 aliphatic rings. The van der Waals surface area contributed by atoms with E-state index in [2.05, 4.69) is 62.4 Å². The minimum atomic E-state index is 0.198. The van der Waals surface area contributed by atoms with Crippen molar-refractivity contribution in [2.24, 2.45) is 5.92 Å². The highest BCUT2D eigenvalue weighted by Crippen LogP contribution is 2.26. The van der Waals surface area contributed by atoms with Gasteiger partial charge in [0.1, 0.15) is 0 Å². The molecule has 1 aromatic carbocycles. The van der Waals surface area contributed by atoms with Crippen LogP contribution in [0.4, 0.5) is 0 Å². The van der Waals surface area contributed by atoms with Gasteiger partial charge in [0, 0.05) is 19.1 Å². The molecule has 0 aromatic heterocycles. The fourth-order valence-electron chi connectivity index (χ4n) is 2.81. The van der Waals surface area contributed by atoms with Crippen molar-refractivity contribution in [3.63, 3.8) is 0 Å². The first-order valence-corrected chi connectivity index (χ1v) is 7.65. The van der Waals surface area contributed by atoms with Crippen molar-refractivity contribution in [1.82, 2.24) is 10.2 Å². The van der Waals surface area contributed by atoms with Gasteiger partial charge in [-0.3, -0.25) is 0 Å². The predicted octanol–water partition coefficient (Wildman–Crippen LogP) is 2.48. The van der Waals surface area contributed by atoms with Gasteiger partial charge in [0.15, 0.2) is 0 Å². The Kier molecular flexibility index (Phi) is 5.58. The standard InChI is InChI=1S/C17H28N2O/c1-13(2)16(12-19(3)4)18-11-17-15-8-6-5-7-14(15)9-10-20-17/h5-8,13,16-18H,9-12H2,1-4H3. The SMILES string of the molecule is CC(C)C(CN(C)C)NCC1OCCc2ccccc21. The number of benzene rings is 1. The molecule has 0 radical (unpaired) electrons. The van der Waals surface area contributed by atoms with Crippen molar-refractivity contribution in [3.05, 3.63) is 35.4 Å². The predicted molar refractivity (Wildman–Crippen MR) is 84.0 cm³/mol. The number of hydrogen-bond acceptors (Lipinski definition) is 3. The lowest BCUT2D eigenvalue weighted by Gasteiger charge is -2.31. The topological polar surface area (TPSA) is 24.5 Å². The Labute approximate surface area is 123 Å². The zero-order valence-corrected chi connectivity index (χ0v) is 13.2. The third kappa shape index (κ3) is 4.05. The summed E-state index contributed by atoms with van der Waals surface area (Å²) in [4.78, 5) is 2.24. The average Bonchev–Trinajstić information content (AvgIpc) is 2.42.